The maximum atomic E-state index is 4.82. The molecule has 0 unspecified atom stereocenters. The van der Waals surface area contributed by atoms with Gasteiger partial charge in [-0.05, 0) is 68.4 Å². The summed E-state index contributed by atoms with van der Waals surface area (Å²) in [4.78, 5) is 4.82. The molecule has 144 valence electrons. The zero-order chi connectivity index (χ0) is 20.1. The fourth-order valence-electron chi connectivity index (χ4n) is 5.96. The maximum Gasteiger partial charge on any atom is 0.145 e. The lowest BCUT2D eigenvalue weighted by Crippen LogP contribution is -1.96. The number of aromatic nitrogens is 2. The van der Waals surface area contributed by atoms with Crippen LogP contribution in [0.4, 0.5) is 0 Å². The Labute approximate surface area is 179 Å². The summed E-state index contributed by atoms with van der Waals surface area (Å²) in [7, 11) is 0. The minimum absolute atomic E-state index is 0.984. The van der Waals surface area contributed by atoms with Gasteiger partial charge in [-0.15, -0.1) is 0 Å². The van der Waals surface area contributed by atoms with E-state index in [9.17, 15) is 0 Å². The number of benzene rings is 4. The summed E-state index contributed by atoms with van der Waals surface area (Å²) in [5, 5.41) is 3.88. The number of nitrogens with zero attached hydrogens (tertiary/aromatic N) is 2. The molecule has 2 heterocycles. The molecule has 2 heteroatoms. The van der Waals surface area contributed by atoms with Crippen LogP contribution in [-0.2, 0) is 12.8 Å². The van der Waals surface area contributed by atoms with Crippen molar-refractivity contribution in [3.63, 3.8) is 0 Å². The average Bonchev–Trinajstić information content (AvgIpc) is 3.52. The second-order valence-corrected chi connectivity index (χ2v) is 8.83. The molecule has 4 aromatic carbocycles. The molecule has 2 nitrogen and oxygen atoms in total. The third-order valence-corrected chi connectivity index (χ3v) is 7.30. The van der Waals surface area contributed by atoms with Crippen molar-refractivity contribution in [2.75, 3.05) is 0 Å². The predicted molar refractivity (Wildman–Crippen MR) is 127 cm³/mol. The van der Waals surface area contributed by atoms with Crippen LogP contribution in [0.2, 0.25) is 0 Å². The van der Waals surface area contributed by atoms with E-state index in [-0.39, 0.29) is 0 Å². The molecule has 0 radical (unpaired) electrons. The number of hydrogen-bond donors (Lipinski definition) is 0. The van der Waals surface area contributed by atoms with Gasteiger partial charge in [0.25, 0.3) is 0 Å². The molecule has 0 atom stereocenters. The first kappa shape index (κ1) is 15.9. The van der Waals surface area contributed by atoms with Crippen LogP contribution in [0.25, 0.3) is 49.6 Å². The fourth-order valence-corrected chi connectivity index (χ4v) is 5.96. The summed E-state index contributed by atoms with van der Waals surface area (Å²) in [6, 6.07) is 27.1. The molecule has 0 saturated carbocycles. The lowest BCUT2D eigenvalue weighted by Gasteiger charge is -2.14. The van der Waals surface area contributed by atoms with Crippen LogP contribution in [0.1, 0.15) is 22.3 Å². The van der Waals surface area contributed by atoms with Crippen LogP contribution in [0, 0.1) is 0 Å². The molecule has 0 N–H and O–H groups in total. The number of rotatable bonds is 0. The molecule has 0 saturated heterocycles. The molecule has 0 fully saturated rings. The summed E-state index contributed by atoms with van der Waals surface area (Å²) in [6.45, 7) is 0. The summed E-state index contributed by atoms with van der Waals surface area (Å²) in [5.74, 6) is 0. The number of fused-ring (bicyclic) bond motifs is 13. The van der Waals surface area contributed by atoms with Crippen molar-refractivity contribution in [3.8, 4) is 22.3 Å². The zero-order valence-corrected chi connectivity index (χ0v) is 16.9. The predicted octanol–water partition coefficient (Wildman–Crippen LogP) is 6.78. The standard InChI is InChI=1S/C29H18N2/c1-4-8-21-17(5-1)13-19-15-25-23-10-9-22-20-7-3-2-6-18(20)14-26(22)28(23)31-12-11-30-29(31)27(25)16-24(19)21/h1-12,15-16H,13-14H2. The van der Waals surface area contributed by atoms with Gasteiger partial charge >= 0.3 is 0 Å². The minimum atomic E-state index is 0.984. The zero-order valence-electron chi connectivity index (χ0n) is 16.9. The summed E-state index contributed by atoms with van der Waals surface area (Å²) >= 11 is 0. The van der Waals surface area contributed by atoms with Crippen molar-refractivity contribution >= 4 is 27.3 Å². The van der Waals surface area contributed by atoms with E-state index < -0.39 is 0 Å². The first-order valence-electron chi connectivity index (χ1n) is 10.9. The fraction of sp³-hybridized carbons (Fsp3) is 0.0690. The summed E-state index contributed by atoms with van der Waals surface area (Å²) < 4.78 is 2.32. The Morgan fingerprint density at radius 1 is 0.613 bits per heavy atom. The number of hydrogen-bond acceptors (Lipinski definition) is 1. The van der Waals surface area contributed by atoms with Crippen LogP contribution in [0.3, 0.4) is 0 Å². The highest BCUT2D eigenvalue weighted by Crippen LogP contribution is 2.45. The summed E-state index contributed by atoms with van der Waals surface area (Å²) in [5.41, 5.74) is 13.5. The molecule has 6 aromatic rings. The van der Waals surface area contributed by atoms with E-state index in [1.54, 1.807) is 0 Å². The van der Waals surface area contributed by atoms with Crippen molar-refractivity contribution in [2.45, 2.75) is 12.8 Å². The van der Waals surface area contributed by atoms with Gasteiger partial charge < -0.3 is 0 Å². The van der Waals surface area contributed by atoms with Crippen LogP contribution in [-0.4, -0.2) is 9.38 Å². The summed E-state index contributed by atoms with van der Waals surface area (Å²) in [6.07, 6.45) is 6.06. The van der Waals surface area contributed by atoms with Gasteiger partial charge in [0.1, 0.15) is 5.65 Å². The monoisotopic (exact) mass is 394 g/mol. The Morgan fingerprint density at radius 2 is 1.39 bits per heavy atom. The highest BCUT2D eigenvalue weighted by molar-refractivity contribution is 6.15. The van der Waals surface area contributed by atoms with Crippen molar-refractivity contribution < 1.29 is 0 Å². The second-order valence-electron chi connectivity index (χ2n) is 8.83. The van der Waals surface area contributed by atoms with Crippen molar-refractivity contribution in [2.24, 2.45) is 0 Å². The molecule has 2 aromatic heterocycles. The maximum absolute atomic E-state index is 4.82. The van der Waals surface area contributed by atoms with E-state index in [1.165, 1.54) is 66.2 Å². The first-order valence-corrected chi connectivity index (χ1v) is 10.9. The lowest BCUT2D eigenvalue weighted by molar-refractivity contribution is 1.21. The van der Waals surface area contributed by atoms with Crippen molar-refractivity contribution in [1.29, 1.82) is 0 Å². The quantitative estimate of drug-likeness (QED) is 0.259. The van der Waals surface area contributed by atoms with Gasteiger partial charge in [-0.2, -0.15) is 0 Å². The largest absolute Gasteiger partial charge is 0.299 e. The van der Waals surface area contributed by atoms with Crippen LogP contribution >= 0.6 is 0 Å². The van der Waals surface area contributed by atoms with Gasteiger partial charge in [0.2, 0.25) is 0 Å². The molecule has 31 heavy (non-hydrogen) atoms. The third-order valence-electron chi connectivity index (χ3n) is 7.30. The van der Waals surface area contributed by atoms with Crippen molar-refractivity contribution in [1.82, 2.24) is 9.38 Å². The topological polar surface area (TPSA) is 17.3 Å². The molecular weight excluding hydrogens is 376 g/mol. The van der Waals surface area contributed by atoms with Gasteiger partial charge in [-0.3, -0.25) is 4.40 Å². The Bertz CT molecular complexity index is 1730. The highest BCUT2D eigenvalue weighted by Gasteiger charge is 2.25. The third kappa shape index (κ3) is 1.91. The van der Waals surface area contributed by atoms with E-state index in [0.29, 0.717) is 0 Å². The normalized spacial score (nSPS) is 13.5. The van der Waals surface area contributed by atoms with Gasteiger partial charge in [-0.1, -0.05) is 60.7 Å². The minimum Gasteiger partial charge on any atom is -0.299 e. The molecular formula is C29H18N2. The number of imidazole rings is 1. The van der Waals surface area contributed by atoms with E-state index in [4.69, 9.17) is 4.98 Å². The molecule has 2 aliphatic carbocycles. The Hall–Kier alpha value is -3.91. The Kier molecular flexibility index (Phi) is 2.77. The SMILES string of the molecule is c1ccc2c(c1)Cc1cc3c(cc1-2)c1nccn1c1c2c(ccc31)-c1ccccc1C2. The molecule has 0 amide bonds. The van der Waals surface area contributed by atoms with Gasteiger partial charge in [-0.25, -0.2) is 4.98 Å². The molecule has 8 rings (SSSR count). The molecule has 0 spiro atoms. The van der Waals surface area contributed by atoms with Gasteiger partial charge in [0, 0.05) is 29.6 Å². The molecule has 2 aliphatic rings. The lowest BCUT2D eigenvalue weighted by atomic mass is 9.95. The van der Waals surface area contributed by atoms with Crippen LogP contribution < -0.4 is 0 Å². The van der Waals surface area contributed by atoms with E-state index in [0.717, 1.165) is 18.5 Å². The van der Waals surface area contributed by atoms with E-state index in [2.05, 4.69) is 83.4 Å². The Morgan fingerprint density at radius 3 is 2.26 bits per heavy atom. The smallest absolute Gasteiger partial charge is 0.145 e. The Balaban J connectivity index is 1.53. The second kappa shape index (κ2) is 5.41. The van der Waals surface area contributed by atoms with E-state index >= 15 is 0 Å². The van der Waals surface area contributed by atoms with Gasteiger partial charge in [0.15, 0.2) is 0 Å². The highest BCUT2D eigenvalue weighted by atomic mass is 15.0. The van der Waals surface area contributed by atoms with E-state index in [1.807, 2.05) is 6.20 Å². The first-order chi connectivity index (χ1) is 15.4. The van der Waals surface area contributed by atoms with Crippen LogP contribution in [0.15, 0.2) is 85.2 Å². The number of pyridine rings is 1. The average molecular weight is 394 g/mol. The van der Waals surface area contributed by atoms with Crippen molar-refractivity contribution in [3.05, 3.63) is 107 Å². The van der Waals surface area contributed by atoms with Gasteiger partial charge in [0.05, 0.1) is 5.52 Å². The molecule has 0 aliphatic heterocycles. The van der Waals surface area contributed by atoms with Crippen LogP contribution in [0.5, 0.6) is 0 Å². The molecule has 0 bridgehead atoms.